The first-order valence-electron chi connectivity index (χ1n) is 8.69. The van der Waals surface area contributed by atoms with Gasteiger partial charge in [0.25, 0.3) is 0 Å². The zero-order chi connectivity index (χ0) is 19.2. The number of nitrogens with one attached hydrogen (secondary N) is 1. The summed E-state index contributed by atoms with van der Waals surface area (Å²) < 4.78 is 23.7. The second-order valence-corrected chi connectivity index (χ2v) is 6.25. The molecule has 0 bridgehead atoms. The molecule has 1 fully saturated rings. The second kappa shape index (κ2) is 8.68. The van der Waals surface area contributed by atoms with Crippen LogP contribution in [0.25, 0.3) is 0 Å². The third-order valence-electron chi connectivity index (χ3n) is 4.45. The summed E-state index contributed by atoms with van der Waals surface area (Å²) in [5.41, 5.74) is 1.44. The Balaban J connectivity index is 1.52. The van der Waals surface area contributed by atoms with Crippen molar-refractivity contribution in [2.45, 2.75) is 0 Å². The molecule has 144 valence electrons. The number of hydrogen-bond donors (Lipinski definition) is 1. The molecule has 7 nitrogen and oxygen atoms in total. The molecule has 1 saturated heterocycles. The highest BCUT2D eigenvalue weighted by Crippen LogP contribution is 2.25. The van der Waals surface area contributed by atoms with E-state index in [1.807, 2.05) is 0 Å². The van der Waals surface area contributed by atoms with Gasteiger partial charge in [0.05, 0.1) is 20.8 Å². The minimum Gasteiger partial charge on any atom is -0.497 e. The van der Waals surface area contributed by atoms with Gasteiger partial charge in [-0.1, -0.05) is 0 Å². The molecule has 1 aromatic carbocycles. The number of ether oxygens (including phenoxy) is 2. The molecular formula is C19H23FN4O3. The average Bonchev–Trinajstić information content (AvgIpc) is 2.68. The van der Waals surface area contributed by atoms with Crippen LogP contribution in [0.3, 0.4) is 0 Å². The number of methoxy groups -OCH3 is 2. The molecule has 0 radical (unpaired) electrons. The lowest BCUT2D eigenvalue weighted by Crippen LogP contribution is -2.48. The van der Waals surface area contributed by atoms with Crippen molar-refractivity contribution >= 4 is 17.3 Å². The fraction of sp³-hybridized carbons (Fsp3) is 0.368. The van der Waals surface area contributed by atoms with E-state index in [-0.39, 0.29) is 12.5 Å². The number of amides is 1. The number of pyridine rings is 1. The molecule has 1 aliphatic heterocycles. The highest BCUT2D eigenvalue weighted by atomic mass is 19.1. The fourth-order valence-corrected chi connectivity index (χ4v) is 3.04. The van der Waals surface area contributed by atoms with Crippen LogP contribution < -0.4 is 19.7 Å². The van der Waals surface area contributed by atoms with Gasteiger partial charge in [-0.2, -0.15) is 4.39 Å². The summed E-state index contributed by atoms with van der Waals surface area (Å²) in [5.74, 6) is 0.641. The molecule has 8 heteroatoms. The summed E-state index contributed by atoms with van der Waals surface area (Å²) in [6.45, 7) is 3.18. The average molecular weight is 374 g/mol. The Hall–Kier alpha value is -2.87. The van der Waals surface area contributed by atoms with Gasteiger partial charge in [0.1, 0.15) is 11.5 Å². The van der Waals surface area contributed by atoms with Crippen LogP contribution >= 0.6 is 0 Å². The van der Waals surface area contributed by atoms with Crippen LogP contribution in [0.15, 0.2) is 36.5 Å². The summed E-state index contributed by atoms with van der Waals surface area (Å²) in [4.78, 5) is 20.1. The summed E-state index contributed by atoms with van der Waals surface area (Å²) in [6.07, 6.45) is 1.47. The third kappa shape index (κ3) is 5.07. The van der Waals surface area contributed by atoms with Crippen molar-refractivity contribution in [1.82, 2.24) is 9.88 Å². The van der Waals surface area contributed by atoms with E-state index >= 15 is 0 Å². The van der Waals surface area contributed by atoms with Gasteiger partial charge in [0.15, 0.2) is 0 Å². The lowest BCUT2D eigenvalue weighted by atomic mass is 10.2. The number of rotatable bonds is 6. The largest absolute Gasteiger partial charge is 0.497 e. The zero-order valence-corrected chi connectivity index (χ0v) is 15.4. The van der Waals surface area contributed by atoms with Gasteiger partial charge in [-0.25, -0.2) is 4.98 Å². The van der Waals surface area contributed by atoms with Crippen LogP contribution in [0.5, 0.6) is 11.5 Å². The minimum absolute atomic E-state index is 0.103. The van der Waals surface area contributed by atoms with Crippen molar-refractivity contribution in [2.75, 3.05) is 57.2 Å². The van der Waals surface area contributed by atoms with Crippen molar-refractivity contribution in [3.05, 3.63) is 42.5 Å². The van der Waals surface area contributed by atoms with Gasteiger partial charge < -0.3 is 19.7 Å². The van der Waals surface area contributed by atoms with Crippen LogP contribution in [-0.4, -0.2) is 62.7 Å². The maximum atomic E-state index is 13.3. The Morgan fingerprint density at radius 2 is 1.78 bits per heavy atom. The summed E-state index contributed by atoms with van der Waals surface area (Å²) in [5, 5.41) is 2.88. The number of halogens is 1. The van der Waals surface area contributed by atoms with E-state index in [0.29, 0.717) is 17.2 Å². The molecule has 1 amide bonds. The van der Waals surface area contributed by atoms with Crippen molar-refractivity contribution in [2.24, 2.45) is 0 Å². The number of piperazine rings is 1. The first kappa shape index (κ1) is 18.9. The van der Waals surface area contributed by atoms with Gasteiger partial charge in [-0.3, -0.25) is 9.69 Å². The van der Waals surface area contributed by atoms with Crippen LogP contribution in [0.4, 0.5) is 15.8 Å². The smallest absolute Gasteiger partial charge is 0.238 e. The van der Waals surface area contributed by atoms with E-state index in [1.165, 1.54) is 12.3 Å². The quantitative estimate of drug-likeness (QED) is 0.780. The maximum Gasteiger partial charge on any atom is 0.238 e. The van der Waals surface area contributed by atoms with Crippen LogP contribution in [0.1, 0.15) is 0 Å². The van der Waals surface area contributed by atoms with Crippen molar-refractivity contribution in [3.8, 4) is 11.5 Å². The van der Waals surface area contributed by atoms with Gasteiger partial charge >= 0.3 is 0 Å². The minimum atomic E-state index is -0.483. The van der Waals surface area contributed by atoms with E-state index in [0.717, 1.165) is 31.9 Å². The van der Waals surface area contributed by atoms with Gasteiger partial charge in [-0.05, 0) is 6.07 Å². The summed E-state index contributed by atoms with van der Waals surface area (Å²) in [6, 6.07) is 8.46. The number of aromatic nitrogens is 1. The lowest BCUT2D eigenvalue weighted by Gasteiger charge is -2.35. The number of nitrogens with zero attached hydrogens (tertiary/aromatic N) is 3. The monoisotopic (exact) mass is 374 g/mol. The molecule has 27 heavy (non-hydrogen) atoms. The molecule has 3 rings (SSSR count). The van der Waals surface area contributed by atoms with Crippen molar-refractivity contribution in [1.29, 1.82) is 0 Å². The van der Waals surface area contributed by atoms with Gasteiger partial charge in [0.2, 0.25) is 11.9 Å². The molecule has 0 atom stereocenters. The SMILES string of the molecule is COc1cc(NC(=O)CN2CCN(c3ccnc(F)c3)CC2)cc(OC)c1. The van der Waals surface area contributed by atoms with Crippen molar-refractivity contribution in [3.63, 3.8) is 0 Å². The Morgan fingerprint density at radius 1 is 1.11 bits per heavy atom. The van der Waals surface area contributed by atoms with Gasteiger partial charge in [-0.15, -0.1) is 0 Å². The Morgan fingerprint density at radius 3 is 2.37 bits per heavy atom. The van der Waals surface area contributed by atoms with E-state index in [2.05, 4.69) is 20.1 Å². The molecule has 2 heterocycles. The Bertz CT molecular complexity index is 772. The predicted octanol–water partition coefficient (Wildman–Crippen LogP) is 2.00. The molecule has 0 saturated carbocycles. The predicted molar refractivity (Wildman–Crippen MR) is 101 cm³/mol. The molecule has 2 aromatic rings. The number of benzene rings is 1. The number of carbonyl (C=O) groups excluding carboxylic acids is 1. The van der Waals surface area contributed by atoms with Crippen LogP contribution in [0.2, 0.25) is 0 Å². The Kier molecular flexibility index (Phi) is 6.08. The zero-order valence-electron chi connectivity index (χ0n) is 15.4. The van der Waals surface area contributed by atoms with E-state index in [4.69, 9.17) is 9.47 Å². The molecule has 0 aliphatic carbocycles. The van der Waals surface area contributed by atoms with E-state index < -0.39 is 5.95 Å². The number of anilines is 2. The summed E-state index contributed by atoms with van der Waals surface area (Å²) in [7, 11) is 3.13. The molecule has 0 unspecified atom stereocenters. The highest BCUT2D eigenvalue weighted by Gasteiger charge is 2.20. The maximum absolute atomic E-state index is 13.3. The van der Waals surface area contributed by atoms with E-state index in [9.17, 15) is 9.18 Å². The van der Waals surface area contributed by atoms with Crippen molar-refractivity contribution < 1.29 is 18.7 Å². The molecular weight excluding hydrogens is 351 g/mol. The third-order valence-corrected chi connectivity index (χ3v) is 4.45. The molecule has 1 aliphatic rings. The standard InChI is InChI=1S/C19H23FN4O3/c1-26-16-9-14(10-17(12-16)27-2)22-19(25)13-23-5-7-24(8-6-23)15-3-4-21-18(20)11-15/h3-4,9-12H,5-8,13H2,1-2H3,(H,22,25). The van der Waals surface area contributed by atoms with Crippen LogP contribution in [0, 0.1) is 5.95 Å². The molecule has 1 aromatic heterocycles. The number of carbonyl (C=O) groups is 1. The fourth-order valence-electron chi connectivity index (χ4n) is 3.04. The van der Waals surface area contributed by atoms with Crippen LogP contribution in [-0.2, 0) is 4.79 Å². The first-order valence-corrected chi connectivity index (χ1v) is 8.69. The topological polar surface area (TPSA) is 66.9 Å². The summed E-state index contributed by atoms with van der Waals surface area (Å²) >= 11 is 0. The highest BCUT2D eigenvalue weighted by molar-refractivity contribution is 5.92. The lowest BCUT2D eigenvalue weighted by molar-refractivity contribution is -0.117. The Labute approximate surface area is 157 Å². The second-order valence-electron chi connectivity index (χ2n) is 6.25. The molecule has 0 spiro atoms. The number of hydrogen-bond acceptors (Lipinski definition) is 6. The van der Waals surface area contributed by atoms with Gasteiger partial charge in [0, 0.05) is 68.0 Å². The van der Waals surface area contributed by atoms with E-state index in [1.54, 1.807) is 38.5 Å². The molecule has 1 N–H and O–H groups in total. The normalized spacial score (nSPS) is 14.7. The first-order chi connectivity index (χ1) is 13.1.